The molecule has 5 rings (SSSR count). The maximum atomic E-state index is 6.18. The van der Waals surface area contributed by atoms with E-state index in [2.05, 4.69) is 43.4 Å². The second kappa shape index (κ2) is 7.52. The smallest absolute Gasteiger partial charge is 0.257 e. The van der Waals surface area contributed by atoms with Crippen molar-refractivity contribution in [1.82, 2.24) is 15.0 Å². The van der Waals surface area contributed by atoms with E-state index in [1.807, 2.05) is 17.8 Å². The van der Waals surface area contributed by atoms with E-state index in [0.29, 0.717) is 11.9 Å². The van der Waals surface area contributed by atoms with Crippen molar-refractivity contribution in [2.45, 2.75) is 25.0 Å². The maximum Gasteiger partial charge on any atom is 0.257 e. The number of nitrogens with zero attached hydrogens (tertiary/aromatic N) is 4. The lowest BCUT2D eigenvalue weighted by atomic mass is 9.89. The molecule has 2 aliphatic rings. The van der Waals surface area contributed by atoms with Gasteiger partial charge < -0.3 is 15.0 Å². The minimum Gasteiger partial charge on any atom is -0.472 e. The van der Waals surface area contributed by atoms with Gasteiger partial charge in [0.05, 0.1) is 10.2 Å². The van der Waals surface area contributed by atoms with Crippen LogP contribution < -0.4 is 15.0 Å². The van der Waals surface area contributed by atoms with Crippen molar-refractivity contribution in [3.05, 3.63) is 36.7 Å². The molecule has 3 heterocycles. The van der Waals surface area contributed by atoms with Crippen molar-refractivity contribution >= 4 is 44.3 Å². The highest BCUT2D eigenvalue weighted by Crippen LogP contribution is 2.34. The zero-order chi connectivity index (χ0) is 18.1. The quantitative estimate of drug-likeness (QED) is 0.702. The second-order valence-corrected chi connectivity index (χ2v) is 9.08. The van der Waals surface area contributed by atoms with Crippen molar-refractivity contribution in [3.63, 3.8) is 0 Å². The number of benzene rings is 1. The van der Waals surface area contributed by atoms with Crippen LogP contribution in [0.1, 0.15) is 12.8 Å². The third kappa shape index (κ3) is 3.68. The minimum absolute atomic E-state index is 0.187. The Bertz CT molecular complexity index is 888. The average Bonchev–Trinajstić information content (AvgIpc) is 3.10. The van der Waals surface area contributed by atoms with Crippen LogP contribution in [0.15, 0.2) is 36.7 Å². The molecule has 1 saturated heterocycles. The molecular weight excluding hydrogens is 378 g/mol. The molecule has 27 heavy (non-hydrogen) atoms. The van der Waals surface area contributed by atoms with Crippen molar-refractivity contribution in [2.75, 3.05) is 34.8 Å². The number of thiazole rings is 1. The summed E-state index contributed by atoms with van der Waals surface area (Å²) in [6, 6.07) is 8.65. The van der Waals surface area contributed by atoms with Gasteiger partial charge in [-0.25, -0.2) is 15.0 Å². The fraction of sp³-hybridized carbons (Fsp3) is 0.421. The number of thioether (sulfide) groups is 1. The molecule has 1 aromatic carbocycles. The SMILES string of the molecule is c1ccc2sc(NC3CC(Oc4nccnc4N4CCSCC4)C3)nc2c1. The number of hydrogen-bond acceptors (Lipinski definition) is 8. The summed E-state index contributed by atoms with van der Waals surface area (Å²) in [5.41, 5.74) is 1.06. The molecule has 0 bridgehead atoms. The van der Waals surface area contributed by atoms with Crippen molar-refractivity contribution in [3.8, 4) is 5.88 Å². The molecule has 0 amide bonds. The lowest BCUT2D eigenvalue weighted by molar-refractivity contribution is 0.103. The van der Waals surface area contributed by atoms with E-state index < -0.39 is 0 Å². The Hall–Kier alpha value is -2.06. The number of anilines is 2. The van der Waals surface area contributed by atoms with Crippen LogP contribution in [0.5, 0.6) is 5.88 Å². The molecule has 1 aliphatic carbocycles. The molecule has 0 atom stereocenters. The Morgan fingerprint density at radius 3 is 2.74 bits per heavy atom. The summed E-state index contributed by atoms with van der Waals surface area (Å²) in [6.07, 6.45) is 5.57. The van der Waals surface area contributed by atoms with Crippen molar-refractivity contribution in [2.24, 2.45) is 0 Å². The molecule has 0 radical (unpaired) electrons. The lowest BCUT2D eigenvalue weighted by Crippen LogP contribution is -2.43. The molecule has 6 nitrogen and oxygen atoms in total. The van der Waals surface area contributed by atoms with Gasteiger partial charge in [0.25, 0.3) is 5.88 Å². The third-order valence-electron chi connectivity index (χ3n) is 4.95. The summed E-state index contributed by atoms with van der Waals surface area (Å²) in [6.45, 7) is 2.01. The Labute approximate surface area is 166 Å². The summed E-state index contributed by atoms with van der Waals surface area (Å²) < 4.78 is 7.40. The Kier molecular flexibility index (Phi) is 4.75. The molecule has 2 fully saturated rings. The van der Waals surface area contributed by atoms with Gasteiger partial charge in [0.1, 0.15) is 6.10 Å². The molecule has 1 saturated carbocycles. The first-order valence-electron chi connectivity index (χ1n) is 9.27. The monoisotopic (exact) mass is 399 g/mol. The van der Waals surface area contributed by atoms with Gasteiger partial charge in [-0.05, 0) is 12.1 Å². The van der Waals surface area contributed by atoms with Crippen LogP contribution in [0, 0.1) is 0 Å². The number of fused-ring (bicyclic) bond motifs is 1. The van der Waals surface area contributed by atoms with E-state index in [-0.39, 0.29) is 6.10 Å². The van der Waals surface area contributed by atoms with Gasteiger partial charge in [0.2, 0.25) is 0 Å². The van der Waals surface area contributed by atoms with Crippen LogP contribution >= 0.6 is 23.1 Å². The lowest BCUT2D eigenvalue weighted by Gasteiger charge is -2.36. The molecule has 1 aliphatic heterocycles. The zero-order valence-electron chi connectivity index (χ0n) is 14.9. The van der Waals surface area contributed by atoms with Crippen LogP contribution in [0.2, 0.25) is 0 Å². The second-order valence-electron chi connectivity index (χ2n) is 6.82. The number of nitrogens with one attached hydrogen (secondary N) is 1. The standard InChI is InChI=1S/C19H21N5OS2/c1-2-4-16-15(3-1)23-19(27-16)22-13-11-14(12-13)25-18-17(20-5-6-21-18)24-7-9-26-10-8-24/h1-6,13-14H,7-12H2,(H,22,23). The van der Waals surface area contributed by atoms with Crippen LogP contribution in [0.4, 0.5) is 10.9 Å². The van der Waals surface area contributed by atoms with E-state index in [4.69, 9.17) is 4.74 Å². The van der Waals surface area contributed by atoms with Gasteiger partial charge in [-0.3, -0.25) is 0 Å². The van der Waals surface area contributed by atoms with E-state index in [9.17, 15) is 0 Å². The van der Waals surface area contributed by atoms with Crippen molar-refractivity contribution < 1.29 is 4.74 Å². The normalized spacial score (nSPS) is 22.4. The van der Waals surface area contributed by atoms with Gasteiger partial charge in [-0.2, -0.15) is 11.8 Å². The Morgan fingerprint density at radius 1 is 1.07 bits per heavy atom. The predicted molar refractivity (Wildman–Crippen MR) is 112 cm³/mol. The number of rotatable bonds is 5. The summed E-state index contributed by atoms with van der Waals surface area (Å²) in [7, 11) is 0. The average molecular weight is 400 g/mol. The van der Waals surface area contributed by atoms with Crippen LogP contribution in [0.3, 0.4) is 0 Å². The van der Waals surface area contributed by atoms with Crippen LogP contribution in [-0.4, -0.2) is 51.7 Å². The fourth-order valence-electron chi connectivity index (χ4n) is 3.44. The van der Waals surface area contributed by atoms with Crippen molar-refractivity contribution in [1.29, 1.82) is 0 Å². The highest BCUT2D eigenvalue weighted by atomic mass is 32.2. The number of hydrogen-bond donors (Lipinski definition) is 1. The Balaban J connectivity index is 1.19. The summed E-state index contributed by atoms with van der Waals surface area (Å²) in [4.78, 5) is 15.9. The van der Waals surface area contributed by atoms with E-state index in [1.165, 1.54) is 4.70 Å². The van der Waals surface area contributed by atoms with E-state index >= 15 is 0 Å². The van der Waals surface area contributed by atoms with Crippen LogP contribution in [-0.2, 0) is 0 Å². The third-order valence-corrected chi connectivity index (χ3v) is 6.86. The molecule has 1 N–H and O–H groups in total. The Morgan fingerprint density at radius 2 is 1.89 bits per heavy atom. The van der Waals surface area contributed by atoms with Gasteiger partial charge in [-0.15, -0.1) is 0 Å². The molecule has 0 unspecified atom stereocenters. The van der Waals surface area contributed by atoms with Gasteiger partial charge in [0.15, 0.2) is 10.9 Å². The highest BCUT2D eigenvalue weighted by Gasteiger charge is 2.33. The topological polar surface area (TPSA) is 63.2 Å². The molecule has 140 valence electrons. The molecule has 8 heteroatoms. The van der Waals surface area contributed by atoms with E-state index in [1.54, 1.807) is 23.7 Å². The van der Waals surface area contributed by atoms with Crippen LogP contribution in [0.25, 0.3) is 10.2 Å². The fourth-order valence-corrected chi connectivity index (χ4v) is 5.29. The first kappa shape index (κ1) is 17.1. The molecular formula is C19H21N5OS2. The van der Waals surface area contributed by atoms with Gasteiger partial charge in [0, 0.05) is 55.9 Å². The highest BCUT2D eigenvalue weighted by molar-refractivity contribution is 7.99. The number of aromatic nitrogens is 3. The van der Waals surface area contributed by atoms with Gasteiger partial charge >= 0.3 is 0 Å². The number of ether oxygens (including phenoxy) is 1. The molecule has 3 aromatic rings. The number of para-hydroxylation sites is 1. The minimum atomic E-state index is 0.187. The summed E-state index contributed by atoms with van der Waals surface area (Å²) >= 11 is 3.69. The predicted octanol–water partition coefficient (Wildman–Crippen LogP) is 3.66. The summed E-state index contributed by atoms with van der Waals surface area (Å²) in [5.74, 6) is 3.83. The molecule has 2 aromatic heterocycles. The maximum absolute atomic E-state index is 6.18. The van der Waals surface area contributed by atoms with Gasteiger partial charge in [-0.1, -0.05) is 23.5 Å². The summed E-state index contributed by atoms with van der Waals surface area (Å²) in [5, 5.41) is 4.53. The molecule has 0 spiro atoms. The first-order valence-corrected chi connectivity index (χ1v) is 11.2. The van der Waals surface area contributed by atoms with E-state index in [0.717, 1.165) is 53.9 Å². The zero-order valence-corrected chi connectivity index (χ0v) is 16.5. The largest absolute Gasteiger partial charge is 0.472 e. The first-order chi connectivity index (χ1) is 13.3.